The van der Waals surface area contributed by atoms with E-state index in [9.17, 15) is 22.4 Å². The number of alkyl halides is 3. The fraction of sp³-hybridized carbons (Fsp3) is 0.300. The summed E-state index contributed by atoms with van der Waals surface area (Å²) in [6.07, 6.45) is -3.43. The van der Waals surface area contributed by atoms with Crippen molar-refractivity contribution in [2.75, 3.05) is 13.1 Å². The number of rotatable bonds is 2. The number of aromatic amines is 1. The number of nitrogens with zero attached hydrogens (tertiary/aromatic N) is 2. The van der Waals surface area contributed by atoms with Crippen molar-refractivity contribution >= 4 is 16.9 Å². The van der Waals surface area contributed by atoms with Gasteiger partial charge in [0.1, 0.15) is 11.6 Å². The minimum absolute atomic E-state index is 0.0392. The molecule has 4 rings (SSSR count). The minimum atomic E-state index is -4.58. The number of hydrogen-bond acceptors (Lipinski definition) is 2. The Bertz CT molecular complexity index is 1020. The van der Waals surface area contributed by atoms with E-state index >= 15 is 0 Å². The molecule has 0 atom stereocenters. The van der Waals surface area contributed by atoms with Crippen molar-refractivity contribution in [3.63, 3.8) is 0 Å². The summed E-state index contributed by atoms with van der Waals surface area (Å²) in [5.74, 6) is -0.217. The van der Waals surface area contributed by atoms with Gasteiger partial charge in [-0.1, -0.05) is 12.1 Å². The van der Waals surface area contributed by atoms with Crippen LogP contribution in [0.25, 0.3) is 11.0 Å². The lowest BCUT2D eigenvalue weighted by Gasteiger charge is -2.31. The second kappa shape index (κ2) is 6.92. The number of piperidine rings is 1. The quantitative estimate of drug-likeness (QED) is 0.642. The summed E-state index contributed by atoms with van der Waals surface area (Å²) in [5.41, 5.74) is 0.0238. The zero-order valence-electron chi connectivity index (χ0n) is 14.8. The van der Waals surface area contributed by atoms with Crippen LogP contribution in [-0.4, -0.2) is 33.9 Å². The van der Waals surface area contributed by atoms with Crippen molar-refractivity contribution in [1.82, 2.24) is 14.9 Å². The molecular formula is C20H17F4N3O. The van der Waals surface area contributed by atoms with Gasteiger partial charge < -0.3 is 9.88 Å². The van der Waals surface area contributed by atoms with Crippen LogP contribution in [0.3, 0.4) is 0 Å². The van der Waals surface area contributed by atoms with Crippen molar-refractivity contribution in [2.24, 2.45) is 0 Å². The highest BCUT2D eigenvalue weighted by molar-refractivity contribution is 5.96. The molecule has 0 saturated carbocycles. The van der Waals surface area contributed by atoms with E-state index < -0.39 is 17.6 Å². The number of nitrogens with one attached hydrogen (secondary N) is 1. The number of aromatic nitrogens is 2. The van der Waals surface area contributed by atoms with E-state index in [1.165, 1.54) is 35.2 Å². The standard InChI is InChI=1S/C20H17F4N3O/c21-13-5-6-16-17(11-13)26-18(25-16)12-7-9-27(10-8-12)19(28)14-3-1-2-4-15(14)20(22,23)24/h1-6,11-12H,7-10H2,(H,25,26). The number of carbonyl (C=O) groups excluding carboxylic acids is 1. The third-order valence-electron chi connectivity index (χ3n) is 5.09. The molecule has 1 aliphatic heterocycles. The van der Waals surface area contributed by atoms with Crippen LogP contribution >= 0.6 is 0 Å². The van der Waals surface area contributed by atoms with Gasteiger partial charge >= 0.3 is 6.18 Å². The number of halogens is 4. The largest absolute Gasteiger partial charge is 0.417 e. The maximum Gasteiger partial charge on any atom is 0.417 e. The first kappa shape index (κ1) is 18.5. The van der Waals surface area contributed by atoms with Crippen LogP contribution in [0.5, 0.6) is 0 Å². The maximum absolute atomic E-state index is 13.3. The summed E-state index contributed by atoms with van der Waals surface area (Å²) in [4.78, 5) is 21.7. The Labute approximate surface area is 158 Å². The fourth-order valence-corrected chi connectivity index (χ4v) is 3.64. The third-order valence-corrected chi connectivity index (χ3v) is 5.09. The lowest BCUT2D eigenvalue weighted by molar-refractivity contribution is -0.138. The lowest BCUT2D eigenvalue weighted by atomic mass is 9.95. The number of likely N-dealkylation sites (tertiary alicyclic amines) is 1. The fourth-order valence-electron chi connectivity index (χ4n) is 3.64. The molecule has 0 radical (unpaired) electrons. The van der Waals surface area contributed by atoms with Gasteiger partial charge in [-0.25, -0.2) is 9.37 Å². The molecule has 1 amide bonds. The first-order chi connectivity index (χ1) is 13.3. The highest BCUT2D eigenvalue weighted by Gasteiger charge is 2.36. The molecule has 2 aromatic carbocycles. The highest BCUT2D eigenvalue weighted by atomic mass is 19.4. The van der Waals surface area contributed by atoms with Crippen LogP contribution in [0, 0.1) is 5.82 Å². The predicted octanol–water partition coefficient (Wildman–Crippen LogP) is 4.74. The van der Waals surface area contributed by atoms with Crippen molar-refractivity contribution in [3.8, 4) is 0 Å². The molecule has 0 aliphatic carbocycles. The smallest absolute Gasteiger partial charge is 0.342 e. The Balaban J connectivity index is 1.49. The Morgan fingerprint density at radius 3 is 2.54 bits per heavy atom. The molecule has 0 bridgehead atoms. The monoisotopic (exact) mass is 391 g/mol. The lowest BCUT2D eigenvalue weighted by Crippen LogP contribution is -2.39. The Morgan fingerprint density at radius 2 is 1.82 bits per heavy atom. The number of carbonyl (C=O) groups is 1. The molecule has 146 valence electrons. The van der Waals surface area contributed by atoms with E-state index in [0.29, 0.717) is 42.8 Å². The molecule has 1 saturated heterocycles. The van der Waals surface area contributed by atoms with Crippen LogP contribution in [-0.2, 0) is 6.18 Å². The number of benzene rings is 2. The van der Waals surface area contributed by atoms with Gasteiger partial charge in [-0.05, 0) is 43.2 Å². The first-order valence-corrected chi connectivity index (χ1v) is 8.93. The normalized spacial score (nSPS) is 15.9. The van der Waals surface area contributed by atoms with Gasteiger partial charge in [0.25, 0.3) is 5.91 Å². The molecule has 0 unspecified atom stereocenters. The number of fused-ring (bicyclic) bond motifs is 1. The van der Waals surface area contributed by atoms with E-state index in [-0.39, 0.29) is 17.3 Å². The molecule has 1 aliphatic rings. The molecule has 4 nitrogen and oxygen atoms in total. The predicted molar refractivity (Wildman–Crippen MR) is 95.4 cm³/mol. The van der Waals surface area contributed by atoms with Crippen LogP contribution in [0.1, 0.15) is 40.5 Å². The van der Waals surface area contributed by atoms with E-state index in [1.54, 1.807) is 6.07 Å². The van der Waals surface area contributed by atoms with E-state index in [0.717, 1.165) is 6.07 Å². The van der Waals surface area contributed by atoms with Crippen LogP contribution < -0.4 is 0 Å². The van der Waals surface area contributed by atoms with E-state index in [1.807, 2.05) is 0 Å². The minimum Gasteiger partial charge on any atom is -0.342 e. The van der Waals surface area contributed by atoms with Crippen LogP contribution in [0.4, 0.5) is 17.6 Å². The molecule has 3 aromatic rings. The van der Waals surface area contributed by atoms with Crippen LogP contribution in [0.15, 0.2) is 42.5 Å². The number of hydrogen-bond donors (Lipinski definition) is 1. The molecule has 2 heterocycles. The second-order valence-corrected chi connectivity index (χ2v) is 6.89. The van der Waals surface area contributed by atoms with Crippen molar-refractivity contribution in [2.45, 2.75) is 24.9 Å². The molecule has 8 heteroatoms. The van der Waals surface area contributed by atoms with E-state index in [2.05, 4.69) is 9.97 Å². The summed E-state index contributed by atoms with van der Waals surface area (Å²) >= 11 is 0. The van der Waals surface area contributed by atoms with Gasteiger partial charge in [0, 0.05) is 19.0 Å². The Hall–Kier alpha value is -2.90. The average Bonchev–Trinajstić information content (AvgIpc) is 3.10. The Kier molecular flexibility index (Phi) is 4.56. The zero-order chi connectivity index (χ0) is 19.9. The highest BCUT2D eigenvalue weighted by Crippen LogP contribution is 2.34. The van der Waals surface area contributed by atoms with Crippen molar-refractivity contribution < 1.29 is 22.4 Å². The van der Waals surface area contributed by atoms with Gasteiger partial charge in [-0.15, -0.1) is 0 Å². The molecule has 28 heavy (non-hydrogen) atoms. The van der Waals surface area contributed by atoms with E-state index in [4.69, 9.17) is 0 Å². The molecule has 1 aromatic heterocycles. The van der Waals surface area contributed by atoms with Crippen molar-refractivity contribution in [3.05, 3.63) is 65.2 Å². The topological polar surface area (TPSA) is 49.0 Å². The summed E-state index contributed by atoms with van der Waals surface area (Å²) in [7, 11) is 0. The molecular weight excluding hydrogens is 374 g/mol. The first-order valence-electron chi connectivity index (χ1n) is 8.93. The summed E-state index contributed by atoms with van der Waals surface area (Å²) in [6.45, 7) is 0.669. The summed E-state index contributed by atoms with van der Waals surface area (Å²) < 4.78 is 52.9. The van der Waals surface area contributed by atoms with Gasteiger partial charge in [0.2, 0.25) is 0 Å². The van der Waals surface area contributed by atoms with Crippen molar-refractivity contribution in [1.29, 1.82) is 0 Å². The summed E-state index contributed by atoms with van der Waals surface area (Å²) in [6, 6.07) is 9.15. The molecule has 1 fully saturated rings. The van der Waals surface area contributed by atoms with Gasteiger partial charge in [0.05, 0.1) is 22.2 Å². The van der Waals surface area contributed by atoms with Gasteiger partial charge in [0.15, 0.2) is 0 Å². The summed E-state index contributed by atoms with van der Waals surface area (Å²) in [5, 5.41) is 0. The second-order valence-electron chi connectivity index (χ2n) is 6.89. The molecule has 0 spiro atoms. The number of H-pyrrole nitrogens is 1. The van der Waals surface area contributed by atoms with Gasteiger partial charge in [-0.3, -0.25) is 4.79 Å². The number of imidazole rings is 1. The average molecular weight is 391 g/mol. The Morgan fingerprint density at radius 1 is 1.11 bits per heavy atom. The SMILES string of the molecule is O=C(c1ccccc1C(F)(F)F)N1CCC(c2nc3ccc(F)cc3[nH]2)CC1. The maximum atomic E-state index is 13.3. The molecule has 1 N–H and O–H groups in total. The zero-order valence-corrected chi connectivity index (χ0v) is 14.8. The third kappa shape index (κ3) is 3.46. The van der Waals surface area contributed by atoms with Crippen LogP contribution in [0.2, 0.25) is 0 Å². The number of amides is 1. The van der Waals surface area contributed by atoms with Gasteiger partial charge in [-0.2, -0.15) is 13.2 Å².